The van der Waals surface area contributed by atoms with E-state index in [-0.39, 0.29) is 24.3 Å². The summed E-state index contributed by atoms with van der Waals surface area (Å²) in [5.41, 5.74) is 2.94. The zero-order chi connectivity index (χ0) is 22.5. The Morgan fingerprint density at radius 3 is 2.72 bits per heavy atom. The number of amides is 1. The lowest BCUT2D eigenvalue weighted by Crippen LogP contribution is -2.44. The molecule has 1 aliphatic rings. The molecule has 1 amide bonds. The Kier molecular flexibility index (Phi) is 7.09. The molecular weight excluding hydrogens is 429 g/mol. The van der Waals surface area contributed by atoms with Crippen LogP contribution in [0.4, 0.5) is 4.39 Å². The zero-order valence-corrected chi connectivity index (χ0v) is 18.7. The van der Waals surface area contributed by atoms with Gasteiger partial charge in [0.25, 0.3) is 0 Å². The number of carbonyl (C=O) groups is 1. The second kappa shape index (κ2) is 10.2. The van der Waals surface area contributed by atoms with Crippen molar-refractivity contribution < 1.29 is 13.9 Å². The molecule has 2 aromatic carbocycles. The standard InChI is InChI=1S/C23H26FN5O2S/c1-16-3-2-4-18(13-16)22-26-27-23(32)29(22)15-21(30)25-14-20(28-9-11-31-12-10-28)17-5-7-19(24)8-6-17/h2-8,13,20H,9-12,14-15H2,1H3,(H,25,30)(H,27,32). The van der Waals surface area contributed by atoms with E-state index in [1.807, 2.05) is 31.2 Å². The lowest BCUT2D eigenvalue weighted by atomic mass is 10.0. The maximum absolute atomic E-state index is 13.4. The molecule has 168 valence electrons. The summed E-state index contributed by atoms with van der Waals surface area (Å²) in [6.07, 6.45) is 0. The molecule has 1 saturated heterocycles. The topological polar surface area (TPSA) is 75.2 Å². The summed E-state index contributed by atoms with van der Waals surface area (Å²) < 4.78 is 21.0. The normalized spacial score (nSPS) is 15.4. The predicted molar refractivity (Wildman–Crippen MR) is 122 cm³/mol. The van der Waals surface area contributed by atoms with Gasteiger partial charge in [-0.15, -0.1) is 0 Å². The molecule has 0 spiro atoms. The third-order valence-corrected chi connectivity index (χ3v) is 5.88. The van der Waals surface area contributed by atoms with Crippen LogP contribution in [0.25, 0.3) is 11.4 Å². The van der Waals surface area contributed by atoms with Crippen molar-refractivity contribution in [3.63, 3.8) is 0 Å². The van der Waals surface area contributed by atoms with Crippen LogP contribution in [0.2, 0.25) is 0 Å². The van der Waals surface area contributed by atoms with Gasteiger partial charge in [-0.2, -0.15) is 5.10 Å². The number of nitrogens with zero attached hydrogens (tertiary/aromatic N) is 3. The molecule has 3 aromatic rings. The number of nitrogens with one attached hydrogen (secondary N) is 2. The van der Waals surface area contributed by atoms with Gasteiger partial charge in [-0.25, -0.2) is 4.39 Å². The van der Waals surface area contributed by atoms with Crippen molar-refractivity contribution >= 4 is 18.1 Å². The first kappa shape index (κ1) is 22.3. The summed E-state index contributed by atoms with van der Waals surface area (Å²) in [5, 5.41) is 10.1. The number of benzene rings is 2. The molecule has 0 aliphatic carbocycles. The number of rotatable bonds is 7. The highest BCUT2D eigenvalue weighted by molar-refractivity contribution is 7.71. The van der Waals surface area contributed by atoms with E-state index in [1.54, 1.807) is 16.7 Å². The molecule has 2 heterocycles. The highest BCUT2D eigenvalue weighted by Crippen LogP contribution is 2.22. The van der Waals surface area contributed by atoms with Crippen molar-refractivity contribution in [1.82, 2.24) is 25.0 Å². The molecule has 9 heteroatoms. The number of hydrogen-bond donors (Lipinski definition) is 2. The SMILES string of the molecule is Cc1cccc(-c2n[nH]c(=S)n2CC(=O)NCC(c2ccc(F)cc2)N2CCOCC2)c1. The van der Waals surface area contributed by atoms with E-state index >= 15 is 0 Å². The average Bonchev–Trinajstić information content (AvgIpc) is 3.16. The van der Waals surface area contributed by atoms with Crippen molar-refractivity contribution in [2.75, 3.05) is 32.8 Å². The molecule has 1 fully saturated rings. The predicted octanol–water partition coefficient (Wildman–Crippen LogP) is 3.24. The first-order valence-electron chi connectivity index (χ1n) is 10.6. The van der Waals surface area contributed by atoms with Crippen LogP contribution in [0.1, 0.15) is 17.2 Å². The van der Waals surface area contributed by atoms with Gasteiger partial charge in [0, 0.05) is 25.2 Å². The van der Waals surface area contributed by atoms with E-state index < -0.39 is 0 Å². The number of aromatic amines is 1. The van der Waals surface area contributed by atoms with Crippen LogP contribution in [0.3, 0.4) is 0 Å². The fraction of sp³-hybridized carbons (Fsp3) is 0.348. The maximum Gasteiger partial charge on any atom is 0.240 e. The summed E-state index contributed by atoms with van der Waals surface area (Å²) in [5.74, 6) is 0.172. The summed E-state index contributed by atoms with van der Waals surface area (Å²) in [4.78, 5) is 15.1. The number of halogens is 1. The fourth-order valence-corrected chi connectivity index (χ4v) is 4.11. The molecule has 2 N–H and O–H groups in total. The van der Waals surface area contributed by atoms with Crippen molar-refractivity contribution in [1.29, 1.82) is 0 Å². The molecule has 32 heavy (non-hydrogen) atoms. The van der Waals surface area contributed by atoms with E-state index in [4.69, 9.17) is 17.0 Å². The molecular formula is C23H26FN5O2S. The van der Waals surface area contributed by atoms with Gasteiger partial charge in [-0.05, 0) is 42.9 Å². The first-order valence-corrected chi connectivity index (χ1v) is 11.0. The van der Waals surface area contributed by atoms with E-state index in [9.17, 15) is 9.18 Å². The van der Waals surface area contributed by atoms with Gasteiger partial charge in [0.2, 0.25) is 5.91 Å². The van der Waals surface area contributed by atoms with Crippen LogP contribution in [0.5, 0.6) is 0 Å². The van der Waals surface area contributed by atoms with Gasteiger partial charge in [0.1, 0.15) is 12.4 Å². The molecule has 7 nitrogen and oxygen atoms in total. The second-order valence-corrected chi connectivity index (χ2v) is 8.21. The number of carbonyl (C=O) groups excluding carboxylic acids is 1. The van der Waals surface area contributed by atoms with Crippen molar-refractivity contribution in [2.24, 2.45) is 0 Å². The molecule has 0 bridgehead atoms. The van der Waals surface area contributed by atoms with Gasteiger partial charge < -0.3 is 10.1 Å². The number of hydrogen-bond acceptors (Lipinski definition) is 5. The third-order valence-electron chi connectivity index (χ3n) is 5.57. The van der Waals surface area contributed by atoms with E-state index in [0.717, 1.165) is 29.8 Å². The molecule has 4 rings (SSSR count). The monoisotopic (exact) mass is 455 g/mol. The van der Waals surface area contributed by atoms with Crippen LogP contribution in [0, 0.1) is 17.5 Å². The fourth-order valence-electron chi connectivity index (χ4n) is 3.91. The number of H-pyrrole nitrogens is 1. The lowest BCUT2D eigenvalue weighted by molar-refractivity contribution is -0.122. The van der Waals surface area contributed by atoms with Crippen molar-refractivity contribution in [3.8, 4) is 11.4 Å². The summed E-state index contributed by atoms with van der Waals surface area (Å²) >= 11 is 5.36. The summed E-state index contributed by atoms with van der Waals surface area (Å²) in [6, 6.07) is 14.3. The highest BCUT2D eigenvalue weighted by Gasteiger charge is 2.23. The maximum atomic E-state index is 13.4. The minimum absolute atomic E-state index is 0.0534. The van der Waals surface area contributed by atoms with Crippen molar-refractivity contribution in [3.05, 3.63) is 70.2 Å². The van der Waals surface area contributed by atoms with Crippen LogP contribution in [-0.4, -0.2) is 58.4 Å². The number of aromatic nitrogens is 3. The van der Waals surface area contributed by atoms with Gasteiger partial charge >= 0.3 is 0 Å². The summed E-state index contributed by atoms with van der Waals surface area (Å²) in [6.45, 7) is 5.23. The second-order valence-electron chi connectivity index (χ2n) is 7.83. The van der Waals surface area contributed by atoms with Crippen LogP contribution in [0.15, 0.2) is 48.5 Å². The quantitative estimate of drug-likeness (QED) is 0.535. The Bertz CT molecular complexity index is 1120. The Labute approximate surface area is 191 Å². The van der Waals surface area contributed by atoms with E-state index in [2.05, 4.69) is 20.4 Å². The minimum Gasteiger partial charge on any atom is -0.379 e. The molecule has 1 aromatic heterocycles. The number of morpholine rings is 1. The van der Waals surface area contributed by atoms with Crippen molar-refractivity contribution in [2.45, 2.75) is 19.5 Å². The Balaban J connectivity index is 1.48. The lowest BCUT2D eigenvalue weighted by Gasteiger charge is -2.35. The number of ether oxygens (including phenoxy) is 1. The minimum atomic E-state index is -0.281. The largest absolute Gasteiger partial charge is 0.379 e. The Morgan fingerprint density at radius 1 is 1.25 bits per heavy atom. The molecule has 1 atom stereocenters. The molecule has 0 saturated carbocycles. The smallest absolute Gasteiger partial charge is 0.240 e. The van der Waals surface area contributed by atoms with Gasteiger partial charge in [-0.1, -0.05) is 35.9 Å². The van der Waals surface area contributed by atoms with Gasteiger partial charge in [-0.3, -0.25) is 19.4 Å². The van der Waals surface area contributed by atoms with E-state index in [0.29, 0.717) is 30.4 Å². The van der Waals surface area contributed by atoms with Gasteiger partial charge in [0.05, 0.1) is 19.3 Å². The van der Waals surface area contributed by atoms with Crippen LogP contribution < -0.4 is 5.32 Å². The Hall–Kier alpha value is -2.88. The summed E-state index contributed by atoms with van der Waals surface area (Å²) in [7, 11) is 0. The van der Waals surface area contributed by atoms with Crippen LogP contribution >= 0.6 is 12.2 Å². The molecule has 1 unspecified atom stereocenters. The Morgan fingerprint density at radius 2 is 2.00 bits per heavy atom. The van der Waals surface area contributed by atoms with Gasteiger partial charge in [0.15, 0.2) is 10.6 Å². The number of aryl methyl sites for hydroxylation is 1. The molecule has 1 aliphatic heterocycles. The zero-order valence-electron chi connectivity index (χ0n) is 17.9. The molecule has 0 radical (unpaired) electrons. The highest BCUT2D eigenvalue weighted by atomic mass is 32.1. The third kappa shape index (κ3) is 5.29. The average molecular weight is 456 g/mol. The van der Waals surface area contributed by atoms with E-state index in [1.165, 1.54) is 12.1 Å². The first-order chi connectivity index (χ1) is 15.5. The van der Waals surface area contributed by atoms with Crippen LogP contribution in [-0.2, 0) is 16.1 Å².